The van der Waals surface area contributed by atoms with Crippen molar-refractivity contribution in [2.24, 2.45) is 5.92 Å². The predicted octanol–water partition coefficient (Wildman–Crippen LogP) is 2.23. The van der Waals surface area contributed by atoms with E-state index in [4.69, 9.17) is 5.11 Å². The maximum Gasteiger partial charge on any atom is 0.319 e. The number of carbonyl (C=O) groups is 2. The zero-order chi connectivity index (χ0) is 13.8. The molecule has 5 nitrogen and oxygen atoms in total. The van der Waals surface area contributed by atoms with Crippen molar-refractivity contribution in [3.8, 4) is 0 Å². The Labute approximate surface area is 112 Å². The molecular formula is C14H18N2O3. The largest absolute Gasteiger partial charge is 0.481 e. The molecule has 0 heterocycles. The van der Waals surface area contributed by atoms with Gasteiger partial charge in [0, 0.05) is 11.7 Å². The third-order valence-electron chi connectivity index (χ3n) is 3.30. The van der Waals surface area contributed by atoms with Gasteiger partial charge in [0.15, 0.2) is 0 Å². The summed E-state index contributed by atoms with van der Waals surface area (Å²) >= 11 is 0. The standard InChI is InChI=1S/C14H18N2O3/c1-9(10-6-7-10)15-14(19)16-12-5-3-2-4-11(12)8-13(17)18/h2-5,9-10H,6-8H2,1H3,(H,17,18)(H2,15,16,19). The van der Waals surface area contributed by atoms with E-state index in [2.05, 4.69) is 10.6 Å². The molecule has 0 aliphatic heterocycles. The Morgan fingerprint density at radius 1 is 1.37 bits per heavy atom. The molecule has 2 rings (SSSR count). The van der Waals surface area contributed by atoms with Gasteiger partial charge in [0.25, 0.3) is 0 Å². The van der Waals surface area contributed by atoms with Gasteiger partial charge in [-0.1, -0.05) is 18.2 Å². The van der Waals surface area contributed by atoms with Gasteiger partial charge in [0.1, 0.15) is 0 Å². The van der Waals surface area contributed by atoms with Crippen molar-refractivity contribution >= 4 is 17.7 Å². The second kappa shape index (κ2) is 5.73. The van der Waals surface area contributed by atoms with Gasteiger partial charge in [0.2, 0.25) is 0 Å². The third kappa shape index (κ3) is 3.98. The number of carboxylic acids is 1. The molecule has 2 amide bonds. The third-order valence-corrected chi connectivity index (χ3v) is 3.30. The van der Waals surface area contributed by atoms with Crippen molar-refractivity contribution in [1.29, 1.82) is 0 Å². The molecule has 1 unspecified atom stereocenters. The first-order valence-corrected chi connectivity index (χ1v) is 6.43. The second-order valence-corrected chi connectivity index (χ2v) is 4.95. The van der Waals surface area contributed by atoms with Gasteiger partial charge < -0.3 is 15.7 Å². The SMILES string of the molecule is CC(NC(=O)Nc1ccccc1CC(=O)O)C1CC1. The summed E-state index contributed by atoms with van der Waals surface area (Å²) in [6.45, 7) is 1.99. The fraction of sp³-hybridized carbons (Fsp3) is 0.429. The van der Waals surface area contributed by atoms with Crippen LogP contribution in [0.2, 0.25) is 0 Å². The summed E-state index contributed by atoms with van der Waals surface area (Å²) in [5.74, 6) is -0.332. The Morgan fingerprint density at radius 2 is 2.05 bits per heavy atom. The number of amides is 2. The molecule has 5 heteroatoms. The summed E-state index contributed by atoms with van der Waals surface area (Å²) in [7, 11) is 0. The van der Waals surface area contributed by atoms with Crippen LogP contribution in [0.1, 0.15) is 25.3 Å². The van der Waals surface area contributed by atoms with E-state index < -0.39 is 5.97 Å². The minimum absolute atomic E-state index is 0.103. The number of urea groups is 1. The molecule has 1 fully saturated rings. The van der Waals surface area contributed by atoms with E-state index in [0.29, 0.717) is 17.2 Å². The fourth-order valence-electron chi connectivity index (χ4n) is 2.04. The van der Waals surface area contributed by atoms with E-state index >= 15 is 0 Å². The monoisotopic (exact) mass is 262 g/mol. The van der Waals surface area contributed by atoms with Gasteiger partial charge in [-0.15, -0.1) is 0 Å². The van der Waals surface area contributed by atoms with Gasteiger partial charge in [-0.3, -0.25) is 4.79 Å². The van der Waals surface area contributed by atoms with Crippen molar-refractivity contribution in [2.75, 3.05) is 5.32 Å². The molecular weight excluding hydrogens is 244 g/mol. The topological polar surface area (TPSA) is 78.4 Å². The van der Waals surface area contributed by atoms with Crippen molar-refractivity contribution < 1.29 is 14.7 Å². The predicted molar refractivity (Wildman–Crippen MR) is 72.1 cm³/mol. The summed E-state index contributed by atoms with van der Waals surface area (Å²) < 4.78 is 0. The Balaban J connectivity index is 1.97. The highest BCUT2D eigenvalue weighted by Gasteiger charge is 2.28. The van der Waals surface area contributed by atoms with Crippen LogP contribution in [0, 0.1) is 5.92 Å². The zero-order valence-electron chi connectivity index (χ0n) is 10.8. The van der Waals surface area contributed by atoms with Gasteiger partial charge in [-0.25, -0.2) is 4.79 Å². The number of anilines is 1. The first-order chi connectivity index (χ1) is 9.06. The Morgan fingerprint density at radius 3 is 2.68 bits per heavy atom. The summed E-state index contributed by atoms with van der Waals surface area (Å²) in [6.07, 6.45) is 2.22. The highest BCUT2D eigenvalue weighted by Crippen LogP contribution is 2.32. The molecule has 1 aliphatic rings. The van der Waals surface area contributed by atoms with Crippen LogP contribution in [0.5, 0.6) is 0 Å². The number of carbonyl (C=O) groups excluding carboxylic acids is 1. The summed E-state index contributed by atoms with van der Waals surface area (Å²) in [4.78, 5) is 22.6. The number of hydrogen-bond donors (Lipinski definition) is 3. The van der Waals surface area contributed by atoms with Crippen LogP contribution in [-0.4, -0.2) is 23.1 Å². The molecule has 1 aromatic carbocycles. The quantitative estimate of drug-likeness (QED) is 0.761. The van der Waals surface area contributed by atoms with Crippen LogP contribution in [0.4, 0.5) is 10.5 Å². The van der Waals surface area contributed by atoms with Crippen LogP contribution in [0.15, 0.2) is 24.3 Å². The maximum absolute atomic E-state index is 11.8. The number of carboxylic acid groups (broad SMARTS) is 1. The molecule has 102 valence electrons. The van der Waals surface area contributed by atoms with Gasteiger partial charge in [-0.2, -0.15) is 0 Å². The lowest BCUT2D eigenvalue weighted by atomic mass is 10.1. The highest BCUT2D eigenvalue weighted by molar-refractivity contribution is 5.91. The average molecular weight is 262 g/mol. The van der Waals surface area contributed by atoms with E-state index in [9.17, 15) is 9.59 Å². The van der Waals surface area contributed by atoms with E-state index in [1.807, 2.05) is 6.92 Å². The van der Waals surface area contributed by atoms with E-state index in [1.165, 1.54) is 0 Å². The Hall–Kier alpha value is -2.04. The number of benzene rings is 1. The summed E-state index contributed by atoms with van der Waals surface area (Å²) in [5, 5.41) is 14.4. The minimum Gasteiger partial charge on any atom is -0.481 e. The smallest absolute Gasteiger partial charge is 0.319 e. The van der Waals surface area contributed by atoms with E-state index in [0.717, 1.165) is 12.8 Å². The zero-order valence-corrected chi connectivity index (χ0v) is 10.8. The van der Waals surface area contributed by atoms with E-state index in [-0.39, 0.29) is 18.5 Å². The Bertz CT molecular complexity index is 483. The van der Waals surface area contributed by atoms with Crippen molar-refractivity contribution in [3.05, 3.63) is 29.8 Å². The first-order valence-electron chi connectivity index (χ1n) is 6.43. The van der Waals surface area contributed by atoms with Gasteiger partial charge in [-0.05, 0) is 37.3 Å². The van der Waals surface area contributed by atoms with Gasteiger partial charge in [0.05, 0.1) is 6.42 Å². The molecule has 0 aromatic heterocycles. The van der Waals surface area contributed by atoms with Crippen LogP contribution in [-0.2, 0) is 11.2 Å². The number of aliphatic carboxylic acids is 1. The molecule has 1 aliphatic carbocycles. The van der Waals surface area contributed by atoms with Crippen molar-refractivity contribution in [2.45, 2.75) is 32.2 Å². The minimum atomic E-state index is -0.916. The molecule has 0 radical (unpaired) electrons. The number of hydrogen-bond acceptors (Lipinski definition) is 2. The molecule has 1 aromatic rings. The maximum atomic E-state index is 11.8. The molecule has 19 heavy (non-hydrogen) atoms. The summed E-state index contributed by atoms with van der Waals surface area (Å²) in [5.41, 5.74) is 1.15. The normalized spacial score (nSPS) is 15.6. The molecule has 3 N–H and O–H groups in total. The second-order valence-electron chi connectivity index (χ2n) is 4.95. The lowest BCUT2D eigenvalue weighted by Crippen LogP contribution is -2.37. The number of para-hydroxylation sites is 1. The van der Waals surface area contributed by atoms with Gasteiger partial charge >= 0.3 is 12.0 Å². The highest BCUT2D eigenvalue weighted by atomic mass is 16.4. The first kappa shape index (κ1) is 13.4. The van der Waals surface area contributed by atoms with Crippen molar-refractivity contribution in [3.63, 3.8) is 0 Å². The van der Waals surface area contributed by atoms with Crippen LogP contribution in [0.3, 0.4) is 0 Å². The fourth-order valence-corrected chi connectivity index (χ4v) is 2.04. The van der Waals surface area contributed by atoms with Crippen LogP contribution >= 0.6 is 0 Å². The number of rotatable bonds is 5. The molecule has 0 saturated heterocycles. The number of nitrogens with one attached hydrogen (secondary N) is 2. The molecule has 0 bridgehead atoms. The molecule has 0 spiro atoms. The van der Waals surface area contributed by atoms with E-state index in [1.54, 1.807) is 24.3 Å². The van der Waals surface area contributed by atoms with Crippen molar-refractivity contribution in [1.82, 2.24) is 5.32 Å². The Kier molecular flexibility index (Phi) is 4.04. The lowest BCUT2D eigenvalue weighted by Gasteiger charge is -2.15. The van der Waals surface area contributed by atoms with Crippen LogP contribution in [0.25, 0.3) is 0 Å². The molecule has 1 saturated carbocycles. The average Bonchev–Trinajstić information content (AvgIpc) is 3.14. The summed E-state index contributed by atoms with van der Waals surface area (Å²) in [6, 6.07) is 6.82. The molecule has 1 atom stereocenters. The lowest BCUT2D eigenvalue weighted by molar-refractivity contribution is -0.136. The van der Waals surface area contributed by atoms with Crippen LogP contribution < -0.4 is 10.6 Å².